The van der Waals surface area contributed by atoms with Crippen LogP contribution in [0.1, 0.15) is 12.5 Å². The number of carbonyl (C=O) groups excluding carboxylic acids is 1. The zero-order valence-corrected chi connectivity index (χ0v) is 7.56. The van der Waals surface area contributed by atoms with Crippen molar-refractivity contribution < 1.29 is 4.79 Å². The molecule has 1 amide bonds. The van der Waals surface area contributed by atoms with Crippen LogP contribution in [0, 0.1) is 0 Å². The number of rotatable bonds is 1. The highest BCUT2D eigenvalue weighted by molar-refractivity contribution is 5.93. The zero-order chi connectivity index (χ0) is 9.97. The van der Waals surface area contributed by atoms with Crippen molar-refractivity contribution in [1.29, 1.82) is 0 Å². The highest BCUT2D eigenvalue weighted by Crippen LogP contribution is 2.08. The molecule has 1 aromatic carbocycles. The third kappa shape index (κ3) is 1.66. The van der Waals surface area contributed by atoms with Crippen LogP contribution in [0.2, 0.25) is 0 Å². The molecule has 0 bridgehead atoms. The molecule has 0 aliphatic rings. The fourth-order valence-electron chi connectivity index (χ4n) is 1.11. The topological polar surface area (TPSA) is 71.0 Å². The lowest BCUT2D eigenvalue weighted by Gasteiger charge is -1.90. The highest BCUT2D eigenvalue weighted by atomic mass is 16.1. The van der Waals surface area contributed by atoms with E-state index in [1.807, 2.05) is 18.2 Å². The molecule has 5 heteroatoms. The van der Waals surface area contributed by atoms with Crippen LogP contribution in [-0.4, -0.2) is 27.5 Å². The van der Waals surface area contributed by atoms with Gasteiger partial charge in [0.05, 0.1) is 5.52 Å². The number of carbonyl (C=O) groups is 1. The van der Waals surface area contributed by atoms with Gasteiger partial charge in [-0.2, -0.15) is 0 Å². The van der Waals surface area contributed by atoms with Gasteiger partial charge in [-0.3, -0.25) is 9.89 Å². The first-order chi connectivity index (χ1) is 6.75. The lowest BCUT2D eigenvalue weighted by Crippen LogP contribution is -1.86. The predicted molar refractivity (Wildman–Crippen MR) is 52.2 cm³/mol. The largest absolute Gasteiger partial charge is 0.273 e. The molecule has 14 heavy (non-hydrogen) atoms. The van der Waals surface area contributed by atoms with E-state index < -0.39 is 0 Å². The summed E-state index contributed by atoms with van der Waals surface area (Å²) >= 11 is 0. The van der Waals surface area contributed by atoms with Crippen molar-refractivity contribution in [3.8, 4) is 0 Å². The van der Waals surface area contributed by atoms with Gasteiger partial charge >= 0.3 is 0 Å². The molecule has 0 radical (unpaired) electrons. The second kappa shape index (κ2) is 3.37. The van der Waals surface area contributed by atoms with Crippen molar-refractivity contribution in [2.24, 2.45) is 4.99 Å². The molecule has 0 spiro atoms. The summed E-state index contributed by atoms with van der Waals surface area (Å²) in [5.41, 5.74) is 2.47. The van der Waals surface area contributed by atoms with Crippen LogP contribution >= 0.6 is 0 Å². The summed E-state index contributed by atoms with van der Waals surface area (Å²) in [7, 11) is 0. The fourth-order valence-corrected chi connectivity index (χ4v) is 1.11. The van der Waals surface area contributed by atoms with Crippen LogP contribution < -0.4 is 0 Å². The van der Waals surface area contributed by atoms with Crippen LogP contribution in [0.4, 0.5) is 0 Å². The molecule has 1 heterocycles. The Labute approximate surface area is 79.9 Å². The van der Waals surface area contributed by atoms with Gasteiger partial charge < -0.3 is 0 Å². The molecule has 70 valence electrons. The van der Waals surface area contributed by atoms with Gasteiger partial charge in [0.15, 0.2) is 0 Å². The third-order valence-corrected chi connectivity index (χ3v) is 1.74. The Hall–Kier alpha value is -2.04. The van der Waals surface area contributed by atoms with Crippen LogP contribution in [0.3, 0.4) is 0 Å². The Bertz CT molecular complexity index is 500. The van der Waals surface area contributed by atoms with Crippen molar-refractivity contribution in [3.63, 3.8) is 0 Å². The summed E-state index contributed by atoms with van der Waals surface area (Å²) in [4.78, 5) is 14.3. The molecule has 0 fully saturated rings. The molecular formula is C9H8N4O. The average molecular weight is 188 g/mol. The third-order valence-electron chi connectivity index (χ3n) is 1.74. The summed E-state index contributed by atoms with van der Waals surface area (Å²) in [6, 6.07) is 5.49. The van der Waals surface area contributed by atoms with Crippen LogP contribution in [0.25, 0.3) is 11.0 Å². The van der Waals surface area contributed by atoms with E-state index in [0.29, 0.717) is 0 Å². The number of H-pyrrole nitrogens is 1. The molecule has 1 N–H and O–H groups in total. The van der Waals surface area contributed by atoms with Gasteiger partial charge in [-0.15, -0.1) is 5.10 Å². The van der Waals surface area contributed by atoms with Crippen LogP contribution in [0.5, 0.6) is 0 Å². The normalized spacial score (nSPS) is 11.2. The number of aromatic amines is 1. The highest BCUT2D eigenvalue weighted by Gasteiger charge is 1.97. The second-order valence-corrected chi connectivity index (χ2v) is 2.87. The monoisotopic (exact) mass is 188 g/mol. The number of nitrogens with zero attached hydrogens (tertiary/aromatic N) is 3. The average Bonchev–Trinajstić information content (AvgIpc) is 2.61. The number of amides is 1. The molecule has 2 aromatic rings. The predicted octanol–water partition coefficient (Wildman–Crippen LogP) is 0.923. The first-order valence-electron chi connectivity index (χ1n) is 4.11. The van der Waals surface area contributed by atoms with E-state index in [2.05, 4.69) is 20.4 Å². The minimum atomic E-state index is -0.215. The fraction of sp³-hybridized carbons (Fsp3) is 0.111. The summed E-state index contributed by atoms with van der Waals surface area (Å²) in [6.07, 6.45) is 1.52. The second-order valence-electron chi connectivity index (χ2n) is 2.87. The Morgan fingerprint density at radius 3 is 3.21 bits per heavy atom. The van der Waals surface area contributed by atoms with E-state index in [-0.39, 0.29) is 5.91 Å². The quantitative estimate of drug-likeness (QED) is 0.676. The Morgan fingerprint density at radius 2 is 2.43 bits per heavy atom. The molecular weight excluding hydrogens is 180 g/mol. The van der Waals surface area contributed by atoms with E-state index in [0.717, 1.165) is 16.6 Å². The smallest absolute Gasteiger partial charge is 0.242 e. The van der Waals surface area contributed by atoms with Gasteiger partial charge in [-0.25, -0.2) is 4.99 Å². The molecule has 5 nitrogen and oxygen atoms in total. The number of aliphatic imine (C=N–C) groups is 1. The first kappa shape index (κ1) is 8.55. The zero-order valence-electron chi connectivity index (χ0n) is 7.56. The molecule has 0 saturated carbocycles. The van der Waals surface area contributed by atoms with E-state index >= 15 is 0 Å². The van der Waals surface area contributed by atoms with Crippen molar-refractivity contribution in [3.05, 3.63) is 23.8 Å². The lowest BCUT2D eigenvalue weighted by atomic mass is 10.2. The standard InChI is InChI=1S/C9H8N4O/c1-6(14)10-5-7-2-3-8-9(4-7)12-13-11-8/h2-5H,1H3,(H,11,12,13)/b10-5+. The number of hydrogen-bond acceptors (Lipinski definition) is 3. The molecule has 0 unspecified atom stereocenters. The van der Waals surface area contributed by atoms with Gasteiger partial charge in [-0.05, 0) is 17.7 Å². The van der Waals surface area contributed by atoms with E-state index in [1.54, 1.807) is 0 Å². The molecule has 0 aliphatic carbocycles. The summed E-state index contributed by atoms with van der Waals surface area (Å²) in [6.45, 7) is 1.41. The number of fused-ring (bicyclic) bond motifs is 1. The number of benzene rings is 1. The van der Waals surface area contributed by atoms with Gasteiger partial charge in [0.2, 0.25) is 5.91 Å². The molecule has 0 atom stereocenters. The van der Waals surface area contributed by atoms with Crippen molar-refractivity contribution in [1.82, 2.24) is 15.4 Å². The number of aromatic nitrogens is 3. The van der Waals surface area contributed by atoms with Crippen LogP contribution in [-0.2, 0) is 4.79 Å². The Morgan fingerprint density at radius 1 is 1.57 bits per heavy atom. The summed E-state index contributed by atoms with van der Waals surface area (Å²) in [5.74, 6) is -0.215. The Balaban J connectivity index is 2.39. The molecule has 0 saturated heterocycles. The van der Waals surface area contributed by atoms with Gasteiger partial charge in [0.25, 0.3) is 0 Å². The minimum absolute atomic E-state index is 0.215. The minimum Gasteiger partial charge on any atom is -0.273 e. The molecule has 1 aromatic heterocycles. The van der Waals surface area contributed by atoms with Gasteiger partial charge in [0, 0.05) is 13.1 Å². The van der Waals surface area contributed by atoms with Crippen LogP contribution in [0.15, 0.2) is 23.2 Å². The number of hydrogen-bond donors (Lipinski definition) is 1. The van der Waals surface area contributed by atoms with Gasteiger partial charge in [-0.1, -0.05) is 11.3 Å². The molecule has 0 aliphatic heterocycles. The van der Waals surface area contributed by atoms with Crippen molar-refractivity contribution >= 4 is 23.2 Å². The maximum atomic E-state index is 10.6. The van der Waals surface area contributed by atoms with Crippen molar-refractivity contribution in [2.75, 3.05) is 0 Å². The summed E-state index contributed by atoms with van der Waals surface area (Å²) in [5, 5.41) is 10.2. The number of nitrogens with one attached hydrogen (secondary N) is 1. The SMILES string of the molecule is CC(=O)/N=C/c1ccc2nn[nH]c2c1. The molecule has 2 rings (SSSR count). The van der Waals surface area contributed by atoms with E-state index in [1.165, 1.54) is 13.1 Å². The van der Waals surface area contributed by atoms with E-state index in [9.17, 15) is 4.79 Å². The first-order valence-corrected chi connectivity index (χ1v) is 4.11. The Kier molecular flexibility index (Phi) is 2.06. The lowest BCUT2D eigenvalue weighted by molar-refractivity contribution is -0.115. The summed E-state index contributed by atoms with van der Waals surface area (Å²) < 4.78 is 0. The van der Waals surface area contributed by atoms with Crippen molar-refractivity contribution in [2.45, 2.75) is 6.92 Å². The van der Waals surface area contributed by atoms with Gasteiger partial charge in [0.1, 0.15) is 5.52 Å². The maximum Gasteiger partial charge on any atom is 0.242 e. The maximum absolute atomic E-state index is 10.6. The van der Waals surface area contributed by atoms with E-state index in [4.69, 9.17) is 0 Å².